The third-order valence-corrected chi connectivity index (χ3v) is 5.30. The topological polar surface area (TPSA) is 74.6 Å². The highest BCUT2D eigenvalue weighted by Gasteiger charge is 2.17. The van der Waals surface area contributed by atoms with Crippen LogP contribution in [0.15, 0.2) is 53.1 Å². The Kier molecular flexibility index (Phi) is 6.28. The summed E-state index contributed by atoms with van der Waals surface area (Å²) in [7, 11) is 4.03. The monoisotopic (exact) mass is 397 g/mol. The molecule has 0 spiro atoms. The standard InChI is InChI=1S/C21H23N3O3S/c1-14-11-18(23-20(25)17-9-6-10-27-17)28-19(14)21(26)22-12-15-7-4-5-8-16(15)13-24(2)3/h4-11H,12-13H2,1-3H3,(H,22,26)(H,23,25). The lowest BCUT2D eigenvalue weighted by molar-refractivity contribution is 0.0953. The summed E-state index contributed by atoms with van der Waals surface area (Å²) in [4.78, 5) is 27.4. The smallest absolute Gasteiger partial charge is 0.291 e. The molecule has 0 aliphatic heterocycles. The van der Waals surface area contributed by atoms with E-state index in [1.54, 1.807) is 18.2 Å². The highest BCUT2D eigenvalue weighted by atomic mass is 32.1. The molecule has 0 aliphatic rings. The van der Waals surface area contributed by atoms with Crippen LogP contribution in [0.4, 0.5) is 5.00 Å². The van der Waals surface area contributed by atoms with Gasteiger partial charge < -0.3 is 20.0 Å². The Morgan fingerprint density at radius 2 is 1.82 bits per heavy atom. The first-order valence-electron chi connectivity index (χ1n) is 8.89. The molecule has 28 heavy (non-hydrogen) atoms. The summed E-state index contributed by atoms with van der Waals surface area (Å²) in [5.74, 6) is -0.258. The molecule has 2 amide bonds. The van der Waals surface area contributed by atoms with Gasteiger partial charge in [-0.3, -0.25) is 9.59 Å². The summed E-state index contributed by atoms with van der Waals surface area (Å²) in [5.41, 5.74) is 3.09. The molecule has 0 saturated carbocycles. The van der Waals surface area contributed by atoms with Gasteiger partial charge in [-0.15, -0.1) is 11.3 Å². The van der Waals surface area contributed by atoms with Crippen molar-refractivity contribution in [3.8, 4) is 0 Å². The summed E-state index contributed by atoms with van der Waals surface area (Å²) in [6.07, 6.45) is 1.45. The maximum atomic E-state index is 12.7. The number of aryl methyl sites for hydroxylation is 1. The maximum Gasteiger partial charge on any atom is 0.291 e. The fraction of sp³-hybridized carbons (Fsp3) is 0.238. The SMILES string of the molecule is Cc1cc(NC(=O)c2ccco2)sc1C(=O)NCc1ccccc1CN(C)C. The second kappa shape index (κ2) is 8.86. The first kappa shape index (κ1) is 19.9. The zero-order chi connectivity index (χ0) is 20.1. The third-order valence-electron chi connectivity index (χ3n) is 4.15. The average Bonchev–Trinajstić information content (AvgIpc) is 3.30. The van der Waals surface area contributed by atoms with Crippen molar-refractivity contribution in [2.24, 2.45) is 0 Å². The molecule has 0 fully saturated rings. The van der Waals surface area contributed by atoms with Crippen LogP contribution in [-0.4, -0.2) is 30.8 Å². The number of nitrogens with zero attached hydrogens (tertiary/aromatic N) is 1. The number of benzene rings is 1. The van der Waals surface area contributed by atoms with Crippen LogP contribution in [0.3, 0.4) is 0 Å². The molecule has 2 heterocycles. The Hall–Kier alpha value is -2.90. The zero-order valence-corrected chi connectivity index (χ0v) is 16.9. The van der Waals surface area contributed by atoms with Crippen molar-refractivity contribution in [1.29, 1.82) is 0 Å². The molecule has 7 heteroatoms. The lowest BCUT2D eigenvalue weighted by Crippen LogP contribution is -2.24. The molecule has 146 valence electrons. The van der Waals surface area contributed by atoms with Crippen molar-refractivity contribution in [3.05, 3.63) is 76.1 Å². The first-order chi connectivity index (χ1) is 13.4. The molecule has 1 aromatic carbocycles. The number of carbonyl (C=O) groups excluding carboxylic acids is 2. The fourth-order valence-electron chi connectivity index (χ4n) is 2.83. The van der Waals surface area contributed by atoms with Crippen LogP contribution in [-0.2, 0) is 13.1 Å². The maximum absolute atomic E-state index is 12.7. The summed E-state index contributed by atoms with van der Waals surface area (Å²) in [6, 6.07) is 13.1. The van der Waals surface area contributed by atoms with E-state index < -0.39 is 0 Å². The van der Waals surface area contributed by atoms with Crippen molar-refractivity contribution in [2.45, 2.75) is 20.0 Å². The summed E-state index contributed by atoms with van der Waals surface area (Å²) in [5, 5.41) is 6.36. The number of anilines is 1. The van der Waals surface area contributed by atoms with Gasteiger partial charge in [0.25, 0.3) is 11.8 Å². The van der Waals surface area contributed by atoms with Gasteiger partial charge in [-0.05, 0) is 55.9 Å². The van der Waals surface area contributed by atoms with E-state index >= 15 is 0 Å². The van der Waals surface area contributed by atoms with Crippen LogP contribution in [0.1, 0.15) is 36.9 Å². The molecule has 2 N–H and O–H groups in total. The zero-order valence-electron chi connectivity index (χ0n) is 16.1. The molecule has 0 saturated heterocycles. The molecule has 0 bridgehead atoms. The molecular weight excluding hydrogens is 374 g/mol. The molecule has 0 aliphatic carbocycles. The van der Waals surface area contributed by atoms with E-state index in [2.05, 4.69) is 21.6 Å². The van der Waals surface area contributed by atoms with Crippen LogP contribution < -0.4 is 10.6 Å². The predicted molar refractivity (Wildman–Crippen MR) is 111 cm³/mol. The lowest BCUT2D eigenvalue weighted by atomic mass is 10.1. The molecule has 3 aromatic rings. The van der Waals surface area contributed by atoms with E-state index in [1.165, 1.54) is 23.2 Å². The Morgan fingerprint density at radius 3 is 2.50 bits per heavy atom. The minimum absolute atomic E-state index is 0.152. The Morgan fingerprint density at radius 1 is 1.07 bits per heavy atom. The van der Waals surface area contributed by atoms with Crippen LogP contribution in [0.2, 0.25) is 0 Å². The predicted octanol–water partition coefficient (Wildman–Crippen LogP) is 3.89. The fourth-order valence-corrected chi connectivity index (χ4v) is 3.82. The molecule has 6 nitrogen and oxygen atoms in total. The lowest BCUT2D eigenvalue weighted by Gasteiger charge is -2.14. The van der Waals surface area contributed by atoms with Gasteiger partial charge in [-0.2, -0.15) is 0 Å². The number of furan rings is 1. The minimum atomic E-state index is -0.337. The number of nitrogens with one attached hydrogen (secondary N) is 2. The summed E-state index contributed by atoms with van der Waals surface area (Å²) < 4.78 is 5.09. The number of hydrogen-bond donors (Lipinski definition) is 2. The molecular formula is C21H23N3O3S. The van der Waals surface area contributed by atoms with Crippen LogP contribution in [0.25, 0.3) is 0 Å². The Labute approximate surface area is 168 Å². The number of amides is 2. The molecule has 0 radical (unpaired) electrons. The van der Waals surface area contributed by atoms with Crippen molar-refractivity contribution in [3.63, 3.8) is 0 Å². The van der Waals surface area contributed by atoms with Crippen molar-refractivity contribution in [1.82, 2.24) is 10.2 Å². The molecule has 0 atom stereocenters. The van der Waals surface area contributed by atoms with Gasteiger partial charge in [0, 0.05) is 13.1 Å². The second-order valence-corrected chi connectivity index (χ2v) is 7.80. The van der Waals surface area contributed by atoms with Gasteiger partial charge in [0.15, 0.2) is 5.76 Å². The van der Waals surface area contributed by atoms with Crippen molar-refractivity contribution < 1.29 is 14.0 Å². The van der Waals surface area contributed by atoms with Crippen molar-refractivity contribution in [2.75, 3.05) is 19.4 Å². The first-order valence-corrected chi connectivity index (χ1v) is 9.70. The van der Waals surface area contributed by atoms with E-state index in [1.807, 2.05) is 39.2 Å². The van der Waals surface area contributed by atoms with Gasteiger partial charge in [0.05, 0.1) is 16.1 Å². The van der Waals surface area contributed by atoms with E-state index in [0.717, 1.165) is 17.7 Å². The second-order valence-electron chi connectivity index (χ2n) is 6.74. The van der Waals surface area contributed by atoms with Gasteiger partial charge in [0.2, 0.25) is 0 Å². The minimum Gasteiger partial charge on any atom is -0.459 e. The van der Waals surface area contributed by atoms with E-state index in [0.29, 0.717) is 16.4 Å². The summed E-state index contributed by atoms with van der Waals surface area (Å²) in [6.45, 7) is 3.12. The van der Waals surface area contributed by atoms with Gasteiger partial charge in [-0.25, -0.2) is 0 Å². The van der Waals surface area contributed by atoms with E-state index in [-0.39, 0.29) is 17.6 Å². The van der Waals surface area contributed by atoms with Gasteiger partial charge in [-0.1, -0.05) is 24.3 Å². The summed E-state index contributed by atoms with van der Waals surface area (Å²) >= 11 is 1.25. The van der Waals surface area contributed by atoms with Crippen LogP contribution in [0, 0.1) is 6.92 Å². The Bertz CT molecular complexity index is 961. The van der Waals surface area contributed by atoms with Crippen molar-refractivity contribution >= 4 is 28.2 Å². The highest BCUT2D eigenvalue weighted by molar-refractivity contribution is 7.18. The van der Waals surface area contributed by atoms with Crippen LogP contribution >= 0.6 is 11.3 Å². The molecule has 0 unspecified atom stereocenters. The number of hydrogen-bond acceptors (Lipinski definition) is 5. The normalized spacial score (nSPS) is 10.9. The third kappa shape index (κ3) is 4.88. The van der Waals surface area contributed by atoms with Gasteiger partial charge in [0.1, 0.15) is 0 Å². The quantitative estimate of drug-likeness (QED) is 0.634. The van der Waals surface area contributed by atoms with E-state index in [9.17, 15) is 9.59 Å². The van der Waals surface area contributed by atoms with Crippen LogP contribution in [0.5, 0.6) is 0 Å². The average molecular weight is 398 g/mol. The number of thiophene rings is 1. The van der Waals surface area contributed by atoms with Gasteiger partial charge >= 0.3 is 0 Å². The largest absolute Gasteiger partial charge is 0.459 e. The van der Waals surface area contributed by atoms with E-state index in [4.69, 9.17) is 4.42 Å². The number of carbonyl (C=O) groups is 2. The number of rotatable bonds is 7. The molecule has 3 rings (SSSR count). The molecule has 2 aromatic heterocycles. The Balaban J connectivity index is 1.65. The highest BCUT2D eigenvalue weighted by Crippen LogP contribution is 2.27.